The molecule has 4 rings (SSSR count). The minimum absolute atomic E-state index is 0.122. The number of carbonyl (C=O) groups excluding carboxylic acids is 1. The van der Waals surface area contributed by atoms with Crippen molar-refractivity contribution >= 4 is 16.9 Å². The third-order valence-electron chi connectivity index (χ3n) is 4.78. The van der Waals surface area contributed by atoms with Crippen molar-refractivity contribution in [3.05, 3.63) is 41.2 Å². The first-order chi connectivity index (χ1) is 12.1. The third-order valence-corrected chi connectivity index (χ3v) is 4.78. The van der Waals surface area contributed by atoms with Crippen molar-refractivity contribution in [2.75, 3.05) is 13.7 Å². The number of amides is 1. The summed E-state index contributed by atoms with van der Waals surface area (Å²) in [5.41, 5.74) is 1.44. The van der Waals surface area contributed by atoms with Crippen LogP contribution in [0, 0.1) is 6.92 Å². The van der Waals surface area contributed by atoms with E-state index in [-0.39, 0.29) is 5.91 Å². The molecule has 0 unspecified atom stereocenters. The number of carbonyl (C=O) groups is 1. The van der Waals surface area contributed by atoms with E-state index in [9.17, 15) is 4.79 Å². The Hall–Kier alpha value is -2.83. The molecule has 0 fully saturated rings. The zero-order valence-corrected chi connectivity index (χ0v) is 14.6. The van der Waals surface area contributed by atoms with E-state index in [0.29, 0.717) is 36.7 Å². The highest BCUT2D eigenvalue weighted by atomic mass is 16.5. The average Bonchev–Trinajstić information content (AvgIpc) is 3.21. The second-order valence-corrected chi connectivity index (χ2v) is 6.16. The first-order valence-corrected chi connectivity index (χ1v) is 8.40. The molecule has 0 atom stereocenters. The number of nitrogens with zero attached hydrogens (tertiary/aromatic N) is 4. The van der Waals surface area contributed by atoms with Gasteiger partial charge in [0.2, 0.25) is 0 Å². The van der Waals surface area contributed by atoms with E-state index in [1.165, 1.54) is 0 Å². The number of methoxy groups -OCH3 is 1. The number of benzene rings is 1. The minimum atomic E-state index is -0.122. The van der Waals surface area contributed by atoms with Crippen molar-refractivity contribution in [2.24, 2.45) is 0 Å². The maximum atomic E-state index is 13.0. The Morgan fingerprint density at radius 2 is 2.16 bits per heavy atom. The highest BCUT2D eigenvalue weighted by Gasteiger charge is 2.29. The summed E-state index contributed by atoms with van der Waals surface area (Å²) < 4.78 is 13.3. The topological polar surface area (TPSA) is 73.4 Å². The predicted octanol–water partition coefficient (Wildman–Crippen LogP) is 2.56. The van der Waals surface area contributed by atoms with Crippen LogP contribution in [0.5, 0.6) is 5.75 Å². The van der Waals surface area contributed by atoms with Crippen LogP contribution in [0.15, 0.2) is 22.6 Å². The van der Waals surface area contributed by atoms with Crippen molar-refractivity contribution in [1.82, 2.24) is 19.7 Å². The summed E-state index contributed by atoms with van der Waals surface area (Å²) in [6.07, 6.45) is 0.837. The summed E-state index contributed by atoms with van der Waals surface area (Å²) in [6.45, 7) is 5.73. The van der Waals surface area contributed by atoms with Gasteiger partial charge in [-0.3, -0.25) is 4.79 Å². The van der Waals surface area contributed by atoms with Gasteiger partial charge in [-0.2, -0.15) is 0 Å². The normalized spacial score (nSPS) is 14.0. The number of rotatable bonds is 3. The van der Waals surface area contributed by atoms with Crippen LogP contribution < -0.4 is 4.74 Å². The van der Waals surface area contributed by atoms with Crippen molar-refractivity contribution < 1.29 is 13.9 Å². The van der Waals surface area contributed by atoms with Crippen LogP contribution in [0.4, 0.5) is 0 Å². The summed E-state index contributed by atoms with van der Waals surface area (Å²) in [6, 6.07) is 5.66. The zero-order valence-electron chi connectivity index (χ0n) is 14.6. The molecule has 0 bridgehead atoms. The zero-order chi connectivity index (χ0) is 17.6. The van der Waals surface area contributed by atoms with Crippen molar-refractivity contribution in [1.29, 1.82) is 0 Å². The lowest BCUT2D eigenvalue weighted by molar-refractivity contribution is 0.0675. The SMILES string of the molecule is CCc1nnc2n1CCN(C(=O)c1oc3c(OC)cccc3c1C)C2. The maximum absolute atomic E-state index is 13.0. The molecule has 7 heteroatoms. The van der Waals surface area contributed by atoms with Crippen LogP contribution >= 0.6 is 0 Å². The molecule has 130 valence electrons. The van der Waals surface area contributed by atoms with Crippen molar-refractivity contribution in [3.8, 4) is 5.75 Å². The number of aryl methyl sites for hydroxylation is 2. The van der Waals surface area contributed by atoms with Gasteiger partial charge in [-0.25, -0.2) is 0 Å². The largest absolute Gasteiger partial charge is 0.493 e. The Bertz CT molecular complexity index is 957. The molecule has 1 aliphatic rings. The summed E-state index contributed by atoms with van der Waals surface area (Å²) in [4.78, 5) is 14.8. The van der Waals surface area contributed by atoms with Crippen molar-refractivity contribution in [3.63, 3.8) is 0 Å². The molecule has 3 aromatic rings. The van der Waals surface area contributed by atoms with Gasteiger partial charge >= 0.3 is 0 Å². The van der Waals surface area contributed by atoms with Crippen LogP contribution in [0.3, 0.4) is 0 Å². The van der Waals surface area contributed by atoms with E-state index in [1.54, 1.807) is 12.0 Å². The molecule has 0 saturated heterocycles. The number of furan rings is 1. The average molecular weight is 340 g/mol. The highest BCUT2D eigenvalue weighted by Crippen LogP contribution is 2.33. The number of aromatic nitrogens is 3. The molecular formula is C18H20N4O3. The second-order valence-electron chi connectivity index (χ2n) is 6.16. The molecule has 0 spiro atoms. The third kappa shape index (κ3) is 2.38. The van der Waals surface area contributed by atoms with Gasteiger partial charge < -0.3 is 18.6 Å². The lowest BCUT2D eigenvalue weighted by Crippen LogP contribution is -2.38. The standard InChI is InChI=1S/C18H20N4O3/c1-4-14-19-20-15-10-21(8-9-22(14)15)18(23)16-11(2)12-6-5-7-13(24-3)17(12)25-16/h5-7H,4,8-10H2,1-3H3. The summed E-state index contributed by atoms with van der Waals surface area (Å²) in [5.74, 6) is 2.66. The van der Waals surface area contributed by atoms with Gasteiger partial charge in [0.05, 0.1) is 13.7 Å². The molecule has 0 N–H and O–H groups in total. The number of hydrogen-bond donors (Lipinski definition) is 0. The quantitative estimate of drug-likeness (QED) is 0.733. The summed E-state index contributed by atoms with van der Waals surface area (Å²) >= 11 is 0. The Balaban J connectivity index is 1.68. The van der Waals surface area contributed by atoms with Gasteiger partial charge in [0, 0.05) is 30.5 Å². The molecule has 0 radical (unpaired) electrons. The fourth-order valence-corrected chi connectivity index (χ4v) is 3.38. The maximum Gasteiger partial charge on any atom is 0.290 e. The molecule has 25 heavy (non-hydrogen) atoms. The molecule has 1 amide bonds. The highest BCUT2D eigenvalue weighted by molar-refractivity contribution is 6.00. The lowest BCUT2D eigenvalue weighted by atomic mass is 10.1. The van der Waals surface area contributed by atoms with E-state index in [0.717, 1.165) is 29.0 Å². The molecule has 2 aromatic heterocycles. The smallest absolute Gasteiger partial charge is 0.290 e. The Morgan fingerprint density at radius 3 is 2.92 bits per heavy atom. The molecule has 7 nitrogen and oxygen atoms in total. The van der Waals surface area contributed by atoms with Gasteiger partial charge in [0.15, 0.2) is 22.9 Å². The van der Waals surface area contributed by atoms with Gasteiger partial charge in [-0.1, -0.05) is 19.1 Å². The number of fused-ring (bicyclic) bond motifs is 2. The molecule has 1 aliphatic heterocycles. The van der Waals surface area contributed by atoms with Crippen LogP contribution in [0.1, 0.15) is 34.7 Å². The fourth-order valence-electron chi connectivity index (χ4n) is 3.38. The van der Waals surface area contributed by atoms with Crippen molar-refractivity contribution in [2.45, 2.75) is 33.4 Å². The van der Waals surface area contributed by atoms with Crippen LogP contribution in [-0.4, -0.2) is 39.2 Å². The lowest BCUT2D eigenvalue weighted by Gasteiger charge is -2.27. The Kier molecular flexibility index (Phi) is 3.71. The predicted molar refractivity (Wildman–Crippen MR) is 91.6 cm³/mol. The number of hydrogen-bond acceptors (Lipinski definition) is 5. The minimum Gasteiger partial charge on any atom is -0.493 e. The molecule has 3 heterocycles. The monoisotopic (exact) mass is 340 g/mol. The fraction of sp³-hybridized carbons (Fsp3) is 0.389. The molecule has 0 saturated carbocycles. The van der Waals surface area contributed by atoms with E-state index in [2.05, 4.69) is 21.7 Å². The molecular weight excluding hydrogens is 320 g/mol. The first kappa shape index (κ1) is 15.7. The number of para-hydroxylation sites is 1. The Labute approximate surface area is 145 Å². The van der Waals surface area contributed by atoms with E-state index < -0.39 is 0 Å². The van der Waals surface area contributed by atoms with E-state index >= 15 is 0 Å². The van der Waals surface area contributed by atoms with E-state index in [4.69, 9.17) is 9.15 Å². The van der Waals surface area contributed by atoms with E-state index in [1.807, 2.05) is 25.1 Å². The first-order valence-electron chi connectivity index (χ1n) is 8.40. The van der Waals surface area contributed by atoms with Crippen LogP contribution in [0.2, 0.25) is 0 Å². The van der Waals surface area contributed by atoms with Gasteiger partial charge in [0.25, 0.3) is 5.91 Å². The molecule has 1 aromatic carbocycles. The molecule has 0 aliphatic carbocycles. The summed E-state index contributed by atoms with van der Waals surface area (Å²) in [5, 5.41) is 9.31. The van der Waals surface area contributed by atoms with Gasteiger partial charge in [-0.15, -0.1) is 10.2 Å². The van der Waals surface area contributed by atoms with Gasteiger partial charge in [0.1, 0.15) is 5.82 Å². The summed E-state index contributed by atoms with van der Waals surface area (Å²) in [7, 11) is 1.59. The second kappa shape index (κ2) is 5.91. The Morgan fingerprint density at radius 1 is 1.32 bits per heavy atom. The van der Waals surface area contributed by atoms with Gasteiger partial charge in [-0.05, 0) is 13.0 Å². The van der Waals surface area contributed by atoms with Crippen LogP contribution in [-0.2, 0) is 19.5 Å². The number of ether oxygens (including phenoxy) is 1. The van der Waals surface area contributed by atoms with Crippen LogP contribution in [0.25, 0.3) is 11.0 Å².